The number of hydrogen-bond donors (Lipinski definition) is 3. The van der Waals surface area contributed by atoms with Gasteiger partial charge >= 0.3 is 6.03 Å². The van der Waals surface area contributed by atoms with Crippen LogP contribution in [0.5, 0.6) is 0 Å². The van der Waals surface area contributed by atoms with Gasteiger partial charge in [0, 0.05) is 4.88 Å². The average molecular weight is 356 g/mol. The highest BCUT2D eigenvalue weighted by Crippen LogP contribution is 2.46. The van der Waals surface area contributed by atoms with E-state index in [1.807, 2.05) is 6.07 Å². The number of benzene rings is 1. The predicted octanol–water partition coefficient (Wildman–Crippen LogP) is 3.41. The molecule has 0 saturated carbocycles. The quantitative estimate of drug-likeness (QED) is 0.768. The van der Waals surface area contributed by atoms with Crippen molar-refractivity contribution >= 4 is 51.5 Å². The third-order valence-corrected chi connectivity index (χ3v) is 5.43. The zero-order valence-corrected chi connectivity index (χ0v) is 13.5. The number of aryl methyl sites for hydroxylation is 1. The van der Waals surface area contributed by atoms with E-state index in [0.717, 1.165) is 21.6 Å². The number of carbonyl (C=O) groups is 2. The van der Waals surface area contributed by atoms with Crippen molar-refractivity contribution in [2.24, 2.45) is 11.5 Å². The van der Waals surface area contributed by atoms with Crippen LogP contribution in [0.2, 0.25) is 10.0 Å². The minimum absolute atomic E-state index is 0.315. The minimum Gasteiger partial charge on any atom is -0.365 e. The van der Waals surface area contributed by atoms with Gasteiger partial charge in [0.2, 0.25) is 0 Å². The summed E-state index contributed by atoms with van der Waals surface area (Å²) in [6.45, 7) is 0. The SMILES string of the molecule is NC(=O)Nc1sc2c(c1C(N)=O)CCc1cc(Cl)c(Cl)cc1-2. The fraction of sp³-hybridized carbons (Fsp3) is 0.143. The molecule has 8 heteroatoms. The second kappa shape index (κ2) is 5.46. The molecular weight excluding hydrogens is 345 g/mol. The van der Waals surface area contributed by atoms with Gasteiger partial charge in [0.25, 0.3) is 5.91 Å². The molecule has 0 bridgehead atoms. The third kappa shape index (κ3) is 2.43. The van der Waals surface area contributed by atoms with E-state index >= 15 is 0 Å². The molecule has 0 fully saturated rings. The molecule has 1 aliphatic rings. The Balaban J connectivity index is 2.23. The van der Waals surface area contributed by atoms with Crippen LogP contribution < -0.4 is 16.8 Å². The van der Waals surface area contributed by atoms with Crippen LogP contribution in [0.15, 0.2) is 12.1 Å². The Morgan fingerprint density at radius 3 is 2.45 bits per heavy atom. The number of thiophene rings is 1. The van der Waals surface area contributed by atoms with Crippen molar-refractivity contribution in [3.05, 3.63) is 38.9 Å². The molecule has 1 aromatic heterocycles. The van der Waals surface area contributed by atoms with Gasteiger partial charge in [-0.15, -0.1) is 11.3 Å². The molecule has 0 aliphatic heterocycles. The molecule has 0 atom stereocenters. The summed E-state index contributed by atoms with van der Waals surface area (Å²) < 4.78 is 0. The first kappa shape index (κ1) is 15.1. The maximum Gasteiger partial charge on any atom is 0.317 e. The molecule has 3 amide bonds. The van der Waals surface area contributed by atoms with Crippen molar-refractivity contribution in [3.8, 4) is 10.4 Å². The Hall–Kier alpha value is -1.76. The summed E-state index contributed by atoms with van der Waals surface area (Å²) in [5, 5.41) is 3.76. The van der Waals surface area contributed by atoms with Crippen molar-refractivity contribution in [1.29, 1.82) is 0 Å². The van der Waals surface area contributed by atoms with Crippen molar-refractivity contribution in [2.45, 2.75) is 12.8 Å². The third-order valence-electron chi connectivity index (χ3n) is 3.53. The van der Waals surface area contributed by atoms with E-state index in [9.17, 15) is 9.59 Å². The van der Waals surface area contributed by atoms with E-state index in [-0.39, 0.29) is 0 Å². The van der Waals surface area contributed by atoms with Gasteiger partial charge in [0.05, 0.1) is 15.6 Å². The van der Waals surface area contributed by atoms with Gasteiger partial charge < -0.3 is 11.5 Å². The number of amides is 3. The van der Waals surface area contributed by atoms with Crippen LogP contribution in [-0.4, -0.2) is 11.9 Å². The Morgan fingerprint density at radius 1 is 1.14 bits per heavy atom. The Labute approximate surface area is 140 Å². The number of carbonyl (C=O) groups excluding carboxylic acids is 2. The Morgan fingerprint density at radius 2 is 1.82 bits per heavy atom. The number of halogens is 2. The molecule has 5 N–H and O–H groups in total. The lowest BCUT2D eigenvalue weighted by molar-refractivity contribution is 0.100. The molecule has 0 radical (unpaired) electrons. The van der Waals surface area contributed by atoms with Gasteiger partial charge in [-0.3, -0.25) is 10.1 Å². The molecule has 114 valence electrons. The fourth-order valence-electron chi connectivity index (χ4n) is 2.65. The van der Waals surface area contributed by atoms with E-state index in [4.69, 9.17) is 34.7 Å². The lowest BCUT2D eigenvalue weighted by atomic mass is 9.89. The molecule has 3 rings (SSSR count). The number of hydrogen-bond acceptors (Lipinski definition) is 3. The van der Waals surface area contributed by atoms with Crippen LogP contribution in [-0.2, 0) is 12.8 Å². The molecule has 1 aromatic carbocycles. The molecule has 0 unspecified atom stereocenters. The Bertz CT molecular complexity index is 817. The van der Waals surface area contributed by atoms with Crippen LogP contribution in [0, 0.1) is 0 Å². The van der Waals surface area contributed by atoms with Crippen LogP contribution in [0.25, 0.3) is 10.4 Å². The molecule has 5 nitrogen and oxygen atoms in total. The summed E-state index contributed by atoms with van der Waals surface area (Å²) in [4.78, 5) is 23.7. The topological polar surface area (TPSA) is 98.2 Å². The van der Waals surface area contributed by atoms with Crippen molar-refractivity contribution < 1.29 is 9.59 Å². The number of rotatable bonds is 2. The monoisotopic (exact) mass is 355 g/mol. The van der Waals surface area contributed by atoms with E-state index in [2.05, 4.69) is 5.32 Å². The van der Waals surface area contributed by atoms with Gasteiger partial charge in [-0.05, 0) is 41.7 Å². The van der Waals surface area contributed by atoms with Crippen molar-refractivity contribution in [1.82, 2.24) is 0 Å². The van der Waals surface area contributed by atoms with Crippen molar-refractivity contribution in [3.63, 3.8) is 0 Å². The average Bonchev–Trinajstić information content (AvgIpc) is 2.77. The Kier molecular flexibility index (Phi) is 3.76. The van der Waals surface area contributed by atoms with Gasteiger partial charge in [-0.2, -0.15) is 0 Å². The highest BCUT2D eigenvalue weighted by Gasteiger charge is 2.28. The smallest absolute Gasteiger partial charge is 0.317 e. The summed E-state index contributed by atoms with van der Waals surface area (Å²) in [5.74, 6) is -0.593. The van der Waals surface area contributed by atoms with Crippen LogP contribution >= 0.6 is 34.5 Å². The van der Waals surface area contributed by atoms with Crippen LogP contribution in [0.4, 0.5) is 9.80 Å². The minimum atomic E-state index is -0.740. The first-order chi connectivity index (χ1) is 10.4. The fourth-order valence-corrected chi connectivity index (χ4v) is 4.31. The van der Waals surface area contributed by atoms with Crippen LogP contribution in [0.1, 0.15) is 21.5 Å². The summed E-state index contributed by atoms with van der Waals surface area (Å²) in [6.07, 6.45) is 1.35. The van der Waals surface area contributed by atoms with Crippen molar-refractivity contribution in [2.75, 3.05) is 5.32 Å². The first-order valence-electron chi connectivity index (χ1n) is 6.38. The lowest BCUT2D eigenvalue weighted by Crippen LogP contribution is -2.22. The van der Waals surface area contributed by atoms with Crippen LogP contribution in [0.3, 0.4) is 0 Å². The molecule has 0 spiro atoms. The lowest BCUT2D eigenvalue weighted by Gasteiger charge is -2.17. The number of nitrogens with two attached hydrogens (primary N) is 2. The molecule has 1 heterocycles. The van der Waals surface area contributed by atoms with E-state index in [1.54, 1.807) is 6.07 Å². The standard InChI is InChI=1S/C14H11Cl2N3O2S/c15-8-3-5-1-2-6-10(12(17)20)13(19-14(18)21)22-11(6)7(5)4-9(8)16/h3-4H,1-2H2,(H2,17,20)(H3,18,19,21). The maximum atomic E-state index is 11.8. The molecule has 0 saturated heterocycles. The number of nitrogens with one attached hydrogen (secondary N) is 1. The number of anilines is 1. The predicted molar refractivity (Wildman–Crippen MR) is 88.9 cm³/mol. The van der Waals surface area contributed by atoms with E-state index < -0.39 is 11.9 Å². The summed E-state index contributed by atoms with van der Waals surface area (Å²) >= 11 is 13.4. The van der Waals surface area contributed by atoms with Gasteiger partial charge in [-0.25, -0.2) is 4.79 Å². The maximum absolute atomic E-state index is 11.8. The first-order valence-corrected chi connectivity index (χ1v) is 7.96. The van der Waals surface area contributed by atoms with Gasteiger partial charge in [-0.1, -0.05) is 23.2 Å². The number of fused-ring (bicyclic) bond motifs is 3. The summed E-state index contributed by atoms with van der Waals surface area (Å²) in [6, 6.07) is 2.86. The number of primary amides is 2. The zero-order chi connectivity index (χ0) is 16.0. The highest BCUT2D eigenvalue weighted by atomic mass is 35.5. The molecule has 22 heavy (non-hydrogen) atoms. The molecule has 1 aliphatic carbocycles. The largest absolute Gasteiger partial charge is 0.365 e. The zero-order valence-electron chi connectivity index (χ0n) is 11.2. The van der Waals surface area contributed by atoms with Gasteiger partial charge in [0.15, 0.2) is 0 Å². The highest BCUT2D eigenvalue weighted by molar-refractivity contribution is 7.20. The second-order valence-electron chi connectivity index (χ2n) is 4.89. The van der Waals surface area contributed by atoms with E-state index in [1.165, 1.54) is 11.3 Å². The molecule has 2 aromatic rings. The normalized spacial score (nSPS) is 12.5. The molecular formula is C14H11Cl2N3O2S. The number of urea groups is 1. The summed E-state index contributed by atoms with van der Waals surface area (Å²) in [5.41, 5.74) is 13.7. The second-order valence-corrected chi connectivity index (χ2v) is 6.73. The van der Waals surface area contributed by atoms with Gasteiger partial charge in [0.1, 0.15) is 5.00 Å². The van der Waals surface area contributed by atoms with E-state index in [0.29, 0.717) is 33.5 Å². The summed E-state index contributed by atoms with van der Waals surface area (Å²) in [7, 11) is 0.